The molecule has 0 radical (unpaired) electrons. The molecule has 0 bridgehead atoms. The zero-order valence-corrected chi connectivity index (χ0v) is 16.1. The molecule has 0 aliphatic rings. The smallest absolute Gasteiger partial charge is 0.257 e. The van der Waals surface area contributed by atoms with E-state index in [1.54, 1.807) is 18.2 Å². The third kappa shape index (κ3) is 3.95. The van der Waals surface area contributed by atoms with Gasteiger partial charge in [0.05, 0.1) is 11.3 Å². The lowest BCUT2D eigenvalue weighted by molar-refractivity contribution is 0.102. The van der Waals surface area contributed by atoms with Gasteiger partial charge in [-0.2, -0.15) is 4.99 Å². The molecule has 0 saturated heterocycles. The van der Waals surface area contributed by atoms with Crippen LogP contribution in [0, 0.1) is 0 Å². The van der Waals surface area contributed by atoms with E-state index in [1.807, 2.05) is 91.0 Å². The average Bonchev–Trinajstić information content (AvgIpc) is 2.81. The fraction of sp³-hybridized carbons (Fsp3) is 0. The van der Waals surface area contributed by atoms with Crippen molar-refractivity contribution in [3.63, 3.8) is 0 Å². The predicted molar refractivity (Wildman–Crippen MR) is 119 cm³/mol. The lowest BCUT2D eigenvalue weighted by Crippen LogP contribution is -2.13. The van der Waals surface area contributed by atoms with Crippen LogP contribution in [0.2, 0.25) is 0 Å². The van der Waals surface area contributed by atoms with E-state index in [2.05, 4.69) is 10.3 Å². The number of para-hydroxylation sites is 2. The number of amides is 1. The molecule has 4 nitrogen and oxygen atoms in total. The van der Waals surface area contributed by atoms with Crippen LogP contribution in [0.3, 0.4) is 0 Å². The number of hydrogen-bond acceptors (Lipinski definition) is 3. The topological polar surface area (TPSA) is 58.5 Å². The lowest BCUT2D eigenvalue weighted by Gasteiger charge is -2.14. The molecule has 4 aromatic rings. The molecule has 0 spiro atoms. The summed E-state index contributed by atoms with van der Waals surface area (Å²) < 4.78 is 0. The van der Waals surface area contributed by atoms with Crippen LogP contribution < -0.4 is 5.32 Å². The SMILES string of the molecule is O=C=Nc1c(C(=O)Nc2ccccc2-c2ccccc2)cccc1-c1ccccc1. The summed E-state index contributed by atoms with van der Waals surface area (Å²) >= 11 is 0. The largest absolute Gasteiger partial charge is 0.321 e. The van der Waals surface area contributed by atoms with E-state index in [4.69, 9.17) is 0 Å². The van der Waals surface area contributed by atoms with Crippen LogP contribution in [0.1, 0.15) is 10.4 Å². The van der Waals surface area contributed by atoms with Gasteiger partial charge >= 0.3 is 0 Å². The minimum atomic E-state index is -0.342. The van der Waals surface area contributed by atoms with Crippen molar-refractivity contribution in [2.45, 2.75) is 0 Å². The van der Waals surface area contributed by atoms with Crippen LogP contribution in [-0.4, -0.2) is 12.0 Å². The van der Waals surface area contributed by atoms with Crippen LogP contribution >= 0.6 is 0 Å². The van der Waals surface area contributed by atoms with Crippen LogP contribution in [0.25, 0.3) is 22.3 Å². The molecule has 0 aliphatic carbocycles. The molecule has 0 atom stereocenters. The molecule has 1 N–H and O–H groups in total. The van der Waals surface area contributed by atoms with Gasteiger partial charge in [-0.3, -0.25) is 4.79 Å². The Morgan fingerprint density at radius 1 is 0.667 bits per heavy atom. The van der Waals surface area contributed by atoms with E-state index in [1.165, 1.54) is 0 Å². The van der Waals surface area contributed by atoms with Crippen LogP contribution in [0.15, 0.2) is 108 Å². The van der Waals surface area contributed by atoms with Gasteiger partial charge in [-0.15, -0.1) is 0 Å². The van der Waals surface area contributed by atoms with Gasteiger partial charge in [0.2, 0.25) is 6.08 Å². The Morgan fingerprint density at radius 2 is 1.23 bits per heavy atom. The molecule has 4 heteroatoms. The Bertz CT molecular complexity index is 1230. The number of carbonyl (C=O) groups is 1. The maximum absolute atomic E-state index is 13.2. The third-order valence-electron chi connectivity index (χ3n) is 4.78. The summed E-state index contributed by atoms with van der Waals surface area (Å²) in [4.78, 5) is 28.1. The number of anilines is 1. The first-order chi connectivity index (χ1) is 14.8. The maximum atomic E-state index is 13.2. The minimum Gasteiger partial charge on any atom is -0.321 e. The maximum Gasteiger partial charge on any atom is 0.257 e. The minimum absolute atomic E-state index is 0.299. The highest BCUT2D eigenvalue weighted by Crippen LogP contribution is 2.34. The zero-order valence-electron chi connectivity index (χ0n) is 16.1. The molecule has 30 heavy (non-hydrogen) atoms. The number of hydrogen-bond donors (Lipinski definition) is 1. The van der Waals surface area contributed by atoms with Crippen molar-refractivity contribution in [1.29, 1.82) is 0 Å². The zero-order chi connectivity index (χ0) is 20.8. The summed E-state index contributed by atoms with van der Waals surface area (Å²) in [7, 11) is 0. The Morgan fingerprint density at radius 3 is 1.90 bits per heavy atom. The van der Waals surface area contributed by atoms with Gasteiger partial charge < -0.3 is 5.32 Å². The van der Waals surface area contributed by atoms with E-state index in [0.29, 0.717) is 22.5 Å². The highest BCUT2D eigenvalue weighted by atomic mass is 16.1. The number of nitrogens with one attached hydrogen (secondary N) is 1. The molecule has 4 rings (SSSR count). The molecule has 0 aromatic heterocycles. The predicted octanol–water partition coefficient (Wildman–Crippen LogP) is 6.24. The summed E-state index contributed by atoms with van der Waals surface area (Å²) in [5.41, 5.74) is 4.76. The van der Waals surface area contributed by atoms with E-state index in [-0.39, 0.29) is 5.91 Å². The van der Waals surface area contributed by atoms with Crippen molar-refractivity contribution in [1.82, 2.24) is 0 Å². The van der Waals surface area contributed by atoms with E-state index < -0.39 is 0 Å². The summed E-state index contributed by atoms with van der Waals surface area (Å²) in [5, 5.41) is 2.97. The quantitative estimate of drug-likeness (QED) is 0.324. The van der Waals surface area contributed by atoms with E-state index in [9.17, 15) is 9.59 Å². The summed E-state index contributed by atoms with van der Waals surface area (Å²) in [5.74, 6) is -0.342. The third-order valence-corrected chi connectivity index (χ3v) is 4.78. The van der Waals surface area contributed by atoms with Crippen molar-refractivity contribution < 1.29 is 9.59 Å². The van der Waals surface area contributed by atoms with Crippen LogP contribution in [0.4, 0.5) is 11.4 Å². The monoisotopic (exact) mass is 390 g/mol. The Kier molecular flexibility index (Phi) is 5.61. The number of aliphatic imine (C=N–C) groups is 1. The molecule has 0 heterocycles. The molecule has 144 valence electrons. The second-order valence-electron chi connectivity index (χ2n) is 6.64. The van der Waals surface area contributed by atoms with Gasteiger partial charge in [0.15, 0.2) is 0 Å². The molecule has 4 aromatic carbocycles. The van der Waals surface area contributed by atoms with Gasteiger partial charge in [-0.05, 0) is 23.3 Å². The molecule has 0 fully saturated rings. The first-order valence-electron chi connectivity index (χ1n) is 9.50. The Balaban J connectivity index is 1.75. The number of isocyanates is 1. The molecule has 1 amide bonds. The average molecular weight is 390 g/mol. The first kappa shape index (κ1) is 19.1. The Hall–Kier alpha value is -4.27. The van der Waals surface area contributed by atoms with Gasteiger partial charge in [0, 0.05) is 16.8 Å². The number of rotatable bonds is 5. The van der Waals surface area contributed by atoms with Crippen molar-refractivity contribution in [3.8, 4) is 22.3 Å². The number of benzene rings is 4. The van der Waals surface area contributed by atoms with Crippen molar-refractivity contribution in [3.05, 3.63) is 109 Å². The molecular weight excluding hydrogens is 372 g/mol. The highest BCUT2D eigenvalue weighted by Gasteiger charge is 2.17. The van der Waals surface area contributed by atoms with Gasteiger partial charge in [-0.1, -0.05) is 91.0 Å². The van der Waals surface area contributed by atoms with Crippen molar-refractivity contribution in [2.24, 2.45) is 4.99 Å². The van der Waals surface area contributed by atoms with Gasteiger partial charge in [0.1, 0.15) is 0 Å². The second kappa shape index (κ2) is 8.82. The normalized spacial score (nSPS) is 10.1. The molecular formula is C26H18N2O2. The molecule has 0 aliphatic heterocycles. The summed E-state index contributed by atoms with van der Waals surface area (Å²) in [6, 6.07) is 32.2. The number of nitrogens with zero attached hydrogens (tertiary/aromatic N) is 1. The molecule has 0 unspecified atom stereocenters. The highest BCUT2D eigenvalue weighted by molar-refractivity contribution is 6.11. The van der Waals surface area contributed by atoms with Crippen LogP contribution in [-0.2, 0) is 4.79 Å². The standard InChI is InChI=1S/C26H18N2O2/c29-18-27-25-22(20-12-5-2-6-13-20)15-9-16-23(25)26(30)28-24-17-8-7-14-21(24)19-10-3-1-4-11-19/h1-17H,(H,28,30). The Labute approximate surface area is 174 Å². The summed E-state index contributed by atoms with van der Waals surface area (Å²) in [6.07, 6.45) is 1.59. The van der Waals surface area contributed by atoms with E-state index in [0.717, 1.165) is 16.7 Å². The lowest BCUT2D eigenvalue weighted by atomic mass is 9.99. The fourth-order valence-electron chi connectivity index (χ4n) is 3.39. The van der Waals surface area contributed by atoms with E-state index >= 15 is 0 Å². The van der Waals surface area contributed by atoms with Gasteiger partial charge in [-0.25, -0.2) is 4.79 Å². The fourth-order valence-corrected chi connectivity index (χ4v) is 3.39. The van der Waals surface area contributed by atoms with Crippen molar-refractivity contribution in [2.75, 3.05) is 5.32 Å². The molecule has 0 saturated carbocycles. The van der Waals surface area contributed by atoms with Crippen molar-refractivity contribution >= 4 is 23.4 Å². The number of carbonyl (C=O) groups excluding carboxylic acids is 2. The van der Waals surface area contributed by atoms with Crippen LogP contribution in [0.5, 0.6) is 0 Å². The first-order valence-corrected chi connectivity index (χ1v) is 9.50. The van der Waals surface area contributed by atoms with Gasteiger partial charge in [0.25, 0.3) is 5.91 Å². The second-order valence-corrected chi connectivity index (χ2v) is 6.64. The summed E-state index contributed by atoms with van der Waals surface area (Å²) in [6.45, 7) is 0.